The number of nitrogens with one attached hydrogen (secondary N) is 1. The zero-order valence-corrected chi connectivity index (χ0v) is 11.5. The van der Waals surface area contributed by atoms with Crippen LogP contribution in [0.15, 0.2) is 42.7 Å². The lowest BCUT2D eigenvalue weighted by atomic mass is 10.1. The number of benzene rings is 1. The quantitative estimate of drug-likeness (QED) is 0.906. The molecule has 0 saturated heterocycles. The summed E-state index contributed by atoms with van der Waals surface area (Å²) in [6.45, 7) is 2.77. The van der Waals surface area contributed by atoms with Gasteiger partial charge in [-0.1, -0.05) is 41.4 Å². The van der Waals surface area contributed by atoms with Crippen LogP contribution in [0.2, 0.25) is 10.0 Å². The molecule has 0 fully saturated rings. The van der Waals surface area contributed by atoms with Crippen molar-refractivity contribution < 1.29 is 0 Å². The molecule has 0 saturated carbocycles. The summed E-state index contributed by atoms with van der Waals surface area (Å²) in [6, 6.07) is 9.85. The Balaban J connectivity index is 2.02. The van der Waals surface area contributed by atoms with E-state index in [1.54, 1.807) is 12.3 Å². The molecule has 0 aliphatic rings. The molecule has 1 unspecified atom stereocenters. The zero-order chi connectivity index (χ0) is 13.0. The first-order valence-corrected chi connectivity index (χ1v) is 6.50. The van der Waals surface area contributed by atoms with E-state index >= 15 is 0 Å². The van der Waals surface area contributed by atoms with Crippen LogP contribution < -0.4 is 5.32 Å². The SMILES string of the molecule is CC(NCc1cccc(Cl)c1Cl)c1cccnc1. The monoisotopic (exact) mass is 280 g/mol. The van der Waals surface area contributed by atoms with Crippen molar-refractivity contribution >= 4 is 23.2 Å². The Hall–Kier alpha value is -1.09. The van der Waals surface area contributed by atoms with E-state index in [4.69, 9.17) is 23.2 Å². The highest BCUT2D eigenvalue weighted by molar-refractivity contribution is 6.42. The molecule has 94 valence electrons. The molecular weight excluding hydrogens is 267 g/mol. The minimum atomic E-state index is 0.216. The van der Waals surface area contributed by atoms with Gasteiger partial charge in [-0.25, -0.2) is 0 Å². The summed E-state index contributed by atoms with van der Waals surface area (Å²) in [5, 5.41) is 4.60. The van der Waals surface area contributed by atoms with Gasteiger partial charge in [-0.15, -0.1) is 0 Å². The van der Waals surface area contributed by atoms with Crippen LogP contribution >= 0.6 is 23.2 Å². The van der Waals surface area contributed by atoms with Crippen molar-refractivity contribution in [1.82, 2.24) is 10.3 Å². The largest absolute Gasteiger partial charge is 0.306 e. The number of rotatable bonds is 4. The maximum Gasteiger partial charge on any atom is 0.0637 e. The maximum atomic E-state index is 6.14. The molecule has 0 spiro atoms. The first kappa shape index (κ1) is 13.3. The Kier molecular flexibility index (Phi) is 4.59. The molecule has 1 heterocycles. The third kappa shape index (κ3) is 3.22. The molecule has 18 heavy (non-hydrogen) atoms. The molecule has 0 amide bonds. The maximum absolute atomic E-state index is 6.14. The zero-order valence-electron chi connectivity index (χ0n) is 10.0. The van der Waals surface area contributed by atoms with Gasteiger partial charge in [0.2, 0.25) is 0 Å². The number of aromatic nitrogens is 1. The van der Waals surface area contributed by atoms with Crippen molar-refractivity contribution in [3.05, 3.63) is 63.9 Å². The van der Waals surface area contributed by atoms with Gasteiger partial charge in [-0.3, -0.25) is 4.98 Å². The highest BCUT2D eigenvalue weighted by Crippen LogP contribution is 2.25. The van der Waals surface area contributed by atoms with Crippen molar-refractivity contribution in [2.45, 2.75) is 19.5 Å². The number of hydrogen-bond donors (Lipinski definition) is 1. The topological polar surface area (TPSA) is 24.9 Å². The van der Waals surface area contributed by atoms with Gasteiger partial charge in [0.15, 0.2) is 0 Å². The molecule has 2 aromatic rings. The van der Waals surface area contributed by atoms with E-state index in [2.05, 4.69) is 17.2 Å². The fourth-order valence-corrected chi connectivity index (χ4v) is 2.08. The molecular formula is C14H14Cl2N2. The van der Waals surface area contributed by atoms with Gasteiger partial charge >= 0.3 is 0 Å². The number of halogens is 2. The second-order valence-electron chi connectivity index (χ2n) is 4.10. The van der Waals surface area contributed by atoms with Crippen molar-refractivity contribution in [3.8, 4) is 0 Å². The van der Waals surface area contributed by atoms with Crippen molar-refractivity contribution in [3.63, 3.8) is 0 Å². The van der Waals surface area contributed by atoms with Crippen LogP contribution in [0.25, 0.3) is 0 Å². The minimum Gasteiger partial charge on any atom is -0.306 e. The molecule has 2 nitrogen and oxygen atoms in total. The van der Waals surface area contributed by atoms with E-state index in [0.29, 0.717) is 16.6 Å². The molecule has 1 aromatic carbocycles. The lowest BCUT2D eigenvalue weighted by molar-refractivity contribution is 0.573. The summed E-state index contributed by atoms with van der Waals surface area (Å²) < 4.78 is 0. The van der Waals surface area contributed by atoms with Crippen LogP contribution in [0.1, 0.15) is 24.1 Å². The third-order valence-electron chi connectivity index (χ3n) is 2.81. The van der Waals surface area contributed by atoms with Crippen molar-refractivity contribution in [2.24, 2.45) is 0 Å². The smallest absolute Gasteiger partial charge is 0.0637 e. The molecule has 0 aliphatic carbocycles. The lowest BCUT2D eigenvalue weighted by Gasteiger charge is -2.14. The summed E-state index contributed by atoms with van der Waals surface area (Å²) in [6.07, 6.45) is 3.63. The minimum absolute atomic E-state index is 0.216. The molecule has 1 N–H and O–H groups in total. The molecule has 0 bridgehead atoms. The number of pyridine rings is 1. The van der Waals surface area contributed by atoms with E-state index in [1.165, 1.54) is 0 Å². The Morgan fingerprint density at radius 2 is 2.06 bits per heavy atom. The molecule has 0 radical (unpaired) electrons. The van der Waals surface area contributed by atoms with Crippen LogP contribution in [0.5, 0.6) is 0 Å². The predicted molar refractivity (Wildman–Crippen MR) is 76.0 cm³/mol. The van der Waals surface area contributed by atoms with Gasteiger partial charge < -0.3 is 5.32 Å². The fourth-order valence-electron chi connectivity index (χ4n) is 1.70. The van der Waals surface area contributed by atoms with Crippen LogP contribution in [0.4, 0.5) is 0 Å². The average Bonchev–Trinajstić information content (AvgIpc) is 2.41. The van der Waals surface area contributed by atoms with Gasteiger partial charge in [-0.05, 0) is 30.2 Å². The van der Waals surface area contributed by atoms with Crippen LogP contribution in [0.3, 0.4) is 0 Å². The number of nitrogens with zero attached hydrogens (tertiary/aromatic N) is 1. The molecule has 2 rings (SSSR count). The van der Waals surface area contributed by atoms with E-state index in [9.17, 15) is 0 Å². The second-order valence-corrected chi connectivity index (χ2v) is 4.89. The summed E-state index contributed by atoms with van der Waals surface area (Å²) >= 11 is 12.1. The first-order chi connectivity index (χ1) is 8.68. The van der Waals surface area contributed by atoms with Crippen LogP contribution in [-0.4, -0.2) is 4.98 Å². The summed E-state index contributed by atoms with van der Waals surface area (Å²) in [4.78, 5) is 4.11. The normalized spacial score (nSPS) is 12.4. The summed E-state index contributed by atoms with van der Waals surface area (Å²) in [5.41, 5.74) is 2.15. The summed E-state index contributed by atoms with van der Waals surface area (Å²) in [5.74, 6) is 0. The Morgan fingerprint density at radius 3 is 2.78 bits per heavy atom. The van der Waals surface area contributed by atoms with E-state index in [1.807, 2.05) is 30.5 Å². The van der Waals surface area contributed by atoms with Gasteiger partial charge in [0.1, 0.15) is 0 Å². The average molecular weight is 281 g/mol. The predicted octanol–water partition coefficient (Wildman–Crippen LogP) is 4.24. The van der Waals surface area contributed by atoms with Crippen molar-refractivity contribution in [1.29, 1.82) is 0 Å². The Morgan fingerprint density at radius 1 is 1.22 bits per heavy atom. The van der Waals surface area contributed by atoms with Crippen LogP contribution in [0, 0.1) is 0 Å². The third-order valence-corrected chi connectivity index (χ3v) is 3.67. The molecule has 1 atom stereocenters. The molecule has 1 aromatic heterocycles. The molecule has 4 heteroatoms. The molecule has 0 aliphatic heterocycles. The first-order valence-electron chi connectivity index (χ1n) is 5.74. The van der Waals surface area contributed by atoms with Crippen LogP contribution in [-0.2, 0) is 6.54 Å². The summed E-state index contributed by atoms with van der Waals surface area (Å²) in [7, 11) is 0. The standard InChI is InChI=1S/C14H14Cl2N2/c1-10(11-5-3-7-17-8-11)18-9-12-4-2-6-13(15)14(12)16/h2-8,10,18H,9H2,1H3. The van der Waals surface area contributed by atoms with Gasteiger partial charge in [0, 0.05) is 25.0 Å². The Labute approximate surface area is 117 Å². The van der Waals surface area contributed by atoms with Gasteiger partial charge in [0.25, 0.3) is 0 Å². The van der Waals surface area contributed by atoms with Gasteiger partial charge in [-0.2, -0.15) is 0 Å². The highest BCUT2D eigenvalue weighted by Gasteiger charge is 2.07. The second kappa shape index (κ2) is 6.19. The number of hydrogen-bond acceptors (Lipinski definition) is 2. The lowest BCUT2D eigenvalue weighted by Crippen LogP contribution is -2.18. The Bertz CT molecular complexity index is 514. The van der Waals surface area contributed by atoms with Gasteiger partial charge in [0.05, 0.1) is 10.0 Å². The van der Waals surface area contributed by atoms with E-state index in [-0.39, 0.29) is 6.04 Å². The van der Waals surface area contributed by atoms with E-state index in [0.717, 1.165) is 11.1 Å². The van der Waals surface area contributed by atoms with E-state index < -0.39 is 0 Å². The highest BCUT2D eigenvalue weighted by atomic mass is 35.5. The van der Waals surface area contributed by atoms with Crippen molar-refractivity contribution in [2.75, 3.05) is 0 Å². The fraction of sp³-hybridized carbons (Fsp3) is 0.214.